The standard InChI is InChI=1S/C18H17N3O3/c1-12(13-6-8-14(9-7-13)18(23)24-2)19-17(22)16-11-15-5-3-4-10-21(15)20-16/h3-12H,1-2H3,(H,19,22)/t12-/m1/s1. The molecule has 0 spiro atoms. The summed E-state index contributed by atoms with van der Waals surface area (Å²) in [6.07, 6.45) is 1.79. The van der Waals surface area contributed by atoms with Gasteiger partial charge in [0, 0.05) is 6.20 Å². The van der Waals surface area contributed by atoms with Gasteiger partial charge in [0.1, 0.15) is 0 Å². The molecule has 1 amide bonds. The number of fused-ring (bicyclic) bond motifs is 1. The van der Waals surface area contributed by atoms with Gasteiger partial charge in [-0.3, -0.25) is 4.79 Å². The number of hydrogen-bond donors (Lipinski definition) is 1. The Morgan fingerprint density at radius 3 is 2.58 bits per heavy atom. The normalized spacial score (nSPS) is 11.9. The van der Waals surface area contributed by atoms with Crippen molar-refractivity contribution < 1.29 is 14.3 Å². The van der Waals surface area contributed by atoms with Crippen molar-refractivity contribution in [2.24, 2.45) is 0 Å². The fraction of sp³-hybridized carbons (Fsp3) is 0.167. The van der Waals surface area contributed by atoms with Crippen LogP contribution in [0.25, 0.3) is 5.52 Å². The molecule has 0 aliphatic rings. The lowest BCUT2D eigenvalue weighted by atomic mass is 10.1. The smallest absolute Gasteiger partial charge is 0.337 e. The van der Waals surface area contributed by atoms with Gasteiger partial charge in [0.05, 0.1) is 24.2 Å². The summed E-state index contributed by atoms with van der Waals surface area (Å²) in [4.78, 5) is 23.8. The first-order chi connectivity index (χ1) is 11.6. The van der Waals surface area contributed by atoms with Crippen molar-refractivity contribution in [3.63, 3.8) is 0 Å². The van der Waals surface area contributed by atoms with Gasteiger partial charge < -0.3 is 10.1 Å². The number of pyridine rings is 1. The van der Waals surface area contributed by atoms with E-state index in [1.165, 1.54) is 7.11 Å². The van der Waals surface area contributed by atoms with Crippen LogP contribution >= 0.6 is 0 Å². The Balaban J connectivity index is 1.72. The van der Waals surface area contributed by atoms with Gasteiger partial charge in [0.25, 0.3) is 5.91 Å². The SMILES string of the molecule is COC(=O)c1ccc([C@@H](C)NC(=O)c2cc3ccccn3n2)cc1. The number of hydrogen-bond acceptors (Lipinski definition) is 4. The first kappa shape index (κ1) is 15.7. The van der Waals surface area contributed by atoms with E-state index in [2.05, 4.69) is 15.2 Å². The Morgan fingerprint density at radius 1 is 1.17 bits per heavy atom. The molecule has 1 aromatic carbocycles. The molecule has 0 aliphatic heterocycles. The molecule has 24 heavy (non-hydrogen) atoms. The Morgan fingerprint density at radius 2 is 1.92 bits per heavy atom. The Labute approximate surface area is 139 Å². The molecule has 0 bridgehead atoms. The molecule has 0 saturated carbocycles. The third-order valence-corrected chi connectivity index (χ3v) is 3.78. The summed E-state index contributed by atoms with van der Waals surface area (Å²) in [6, 6.07) is 14.1. The van der Waals surface area contributed by atoms with Gasteiger partial charge >= 0.3 is 5.97 Å². The quantitative estimate of drug-likeness (QED) is 0.749. The van der Waals surface area contributed by atoms with Gasteiger partial charge in [-0.05, 0) is 42.8 Å². The van der Waals surface area contributed by atoms with Crippen molar-refractivity contribution in [2.45, 2.75) is 13.0 Å². The highest BCUT2D eigenvalue weighted by molar-refractivity contribution is 5.93. The van der Waals surface area contributed by atoms with Crippen molar-refractivity contribution >= 4 is 17.4 Å². The molecule has 1 N–H and O–H groups in total. The number of ether oxygens (including phenoxy) is 1. The molecule has 0 aliphatic carbocycles. The van der Waals surface area contributed by atoms with Gasteiger partial charge in [-0.25, -0.2) is 9.31 Å². The van der Waals surface area contributed by atoms with Crippen LogP contribution in [-0.2, 0) is 4.74 Å². The molecule has 0 fully saturated rings. The maximum atomic E-state index is 12.4. The number of nitrogens with zero attached hydrogens (tertiary/aromatic N) is 2. The lowest BCUT2D eigenvalue weighted by Crippen LogP contribution is -2.27. The highest BCUT2D eigenvalue weighted by Gasteiger charge is 2.15. The molecule has 0 radical (unpaired) electrons. The number of nitrogens with one attached hydrogen (secondary N) is 1. The van der Waals surface area contributed by atoms with Crippen molar-refractivity contribution in [1.82, 2.24) is 14.9 Å². The van der Waals surface area contributed by atoms with Crippen molar-refractivity contribution in [3.05, 3.63) is 71.5 Å². The Hall–Kier alpha value is -3.15. The van der Waals surface area contributed by atoms with Gasteiger partial charge in [-0.2, -0.15) is 5.10 Å². The van der Waals surface area contributed by atoms with E-state index < -0.39 is 0 Å². The fourth-order valence-corrected chi connectivity index (χ4v) is 2.43. The number of esters is 1. The predicted octanol–water partition coefficient (Wildman–Crippen LogP) is 2.61. The summed E-state index contributed by atoms with van der Waals surface area (Å²) in [5.41, 5.74) is 2.58. The zero-order chi connectivity index (χ0) is 17.1. The van der Waals surface area contributed by atoms with E-state index in [9.17, 15) is 9.59 Å². The number of carbonyl (C=O) groups is 2. The molecule has 0 saturated heterocycles. The monoisotopic (exact) mass is 323 g/mol. The zero-order valence-electron chi connectivity index (χ0n) is 13.4. The average molecular weight is 323 g/mol. The summed E-state index contributed by atoms with van der Waals surface area (Å²) < 4.78 is 6.33. The van der Waals surface area contributed by atoms with Gasteiger partial charge in [0.2, 0.25) is 0 Å². The molecule has 6 nitrogen and oxygen atoms in total. The number of methoxy groups -OCH3 is 1. The molecular weight excluding hydrogens is 306 g/mol. The van der Waals surface area contributed by atoms with E-state index in [1.807, 2.05) is 25.1 Å². The second-order valence-electron chi connectivity index (χ2n) is 5.41. The molecule has 1 atom stereocenters. The molecule has 0 unspecified atom stereocenters. The first-order valence-corrected chi connectivity index (χ1v) is 7.52. The summed E-state index contributed by atoms with van der Waals surface area (Å²) in [5.74, 6) is -0.633. The first-order valence-electron chi connectivity index (χ1n) is 7.52. The molecule has 3 aromatic rings. The summed E-state index contributed by atoms with van der Waals surface area (Å²) >= 11 is 0. The second kappa shape index (κ2) is 6.54. The van der Waals surface area contributed by atoms with E-state index in [-0.39, 0.29) is 17.9 Å². The van der Waals surface area contributed by atoms with E-state index in [1.54, 1.807) is 41.0 Å². The zero-order valence-corrected chi connectivity index (χ0v) is 13.4. The minimum atomic E-state index is -0.386. The molecule has 2 aromatic heterocycles. The van der Waals surface area contributed by atoms with E-state index >= 15 is 0 Å². The van der Waals surface area contributed by atoms with Crippen LogP contribution in [0.5, 0.6) is 0 Å². The van der Waals surface area contributed by atoms with E-state index in [0.717, 1.165) is 11.1 Å². The van der Waals surface area contributed by atoms with Crippen LogP contribution in [0.4, 0.5) is 0 Å². The summed E-state index contributed by atoms with van der Waals surface area (Å²) in [5, 5.41) is 7.16. The van der Waals surface area contributed by atoms with Crippen molar-refractivity contribution in [3.8, 4) is 0 Å². The van der Waals surface area contributed by atoms with Crippen LogP contribution in [0.1, 0.15) is 39.4 Å². The van der Waals surface area contributed by atoms with Crippen LogP contribution < -0.4 is 5.32 Å². The van der Waals surface area contributed by atoms with E-state index in [4.69, 9.17) is 0 Å². The summed E-state index contributed by atoms with van der Waals surface area (Å²) in [7, 11) is 1.34. The van der Waals surface area contributed by atoms with Crippen LogP contribution in [-0.4, -0.2) is 28.6 Å². The van der Waals surface area contributed by atoms with Gasteiger partial charge in [-0.1, -0.05) is 18.2 Å². The fourth-order valence-electron chi connectivity index (χ4n) is 2.43. The van der Waals surface area contributed by atoms with Crippen LogP contribution in [0.15, 0.2) is 54.7 Å². The minimum Gasteiger partial charge on any atom is -0.465 e. The van der Waals surface area contributed by atoms with E-state index in [0.29, 0.717) is 11.3 Å². The molecule has 6 heteroatoms. The second-order valence-corrected chi connectivity index (χ2v) is 5.41. The number of amides is 1. The summed E-state index contributed by atoms with van der Waals surface area (Å²) in [6.45, 7) is 1.88. The molecular formula is C18H17N3O3. The molecule has 2 heterocycles. The number of rotatable bonds is 4. The van der Waals surface area contributed by atoms with Crippen molar-refractivity contribution in [1.29, 1.82) is 0 Å². The number of benzene rings is 1. The lowest BCUT2D eigenvalue weighted by Gasteiger charge is -2.13. The topological polar surface area (TPSA) is 72.7 Å². The van der Waals surface area contributed by atoms with Crippen LogP contribution in [0.2, 0.25) is 0 Å². The Kier molecular flexibility index (Phi) is 4.29. The molecule has 122 valence electrons. The van der Waals surface area contributed by atoms with Gasteiger partial charge in [-0.15, -0.1) is 0 Å². The highest BCUT2D eigenvalue weighted by Crippen LogP contribution is 2.15. The lowest BCUT2D eigenvalue weighted by molar-refractivity contribution is 0.0600. The Bertz CT molecular complexity index is 851. The van der Waals surface area contributed by atoms with Crippen molar-refractivity contribution in [2.75, 3.05) is 7.11 Å². The average Bonchev–Trinajstić information content (AvgIpc) is 3.05. The van der Waals surface area contributed by atoms with Crippen LogP contribution in [0.3, 0.4) is 0 Å². The third-order valence-electron chi connectivity index (χ3n) is 3.78. The maximum absolute atomic E-state index is 12.4. The number of aromatic nitrogens is 2. The predicted molar refractivity (Wildman–Crippen MR) is 88.9 cm³/mol. The highest BCUT2D eigenvalue weighted by atomic mass is 16.5. The third kappa shape index (κ3) is 3.12. The minimum absolute atomic E-state index is 0.214. The maximum Gasteiger partial charge on any atom is 0.337 e. The van der Waals surface area contributed by atoms with Crippen LogP contribution in [0, 0.1) is 0 Å². The largest absolute Gasteiger partial charge is 0.465 e. The molecule has 3 rings (SSSR count). The number of carbonyl (C=O) groups excluding carboxylic acids is 2. The van der Waals surface area contributed by atoms with Gasteiger partial charge in [0.15, 0.2) is 5.69 Å².